The Bertz CT molecular complexity index is 2300. The van der Waals surface area contributed by atoms with Crippen LogP contribution in [-0.2, 0) is 85.7 Å². The molecule has 18 nitrogen and oxygen atoms in total. The molecule has 4 aliphatic rings. The van der Waals surface area contributed by atoms with Gasteiger partial charge in [0.1, 0.15) is 29.0 Å². The summed E-state index contributed by atoms with van der Waals surface area (Å²) in [4.78, 5) is 85.8. The molecule has 0 aromatic carbocycles. The van der Waals surface area contributed by atoms with Gasteiger partial charge in [0.25, 0.3) is 0 Å². The van der Waals surface area contributed by atoms with E-state index in [1.807, 2.05) is 111 Å². The second-order valence-corrected chi connectivity index (χ2v) is 32.4. The Kier molecular flexibility index (Phi) is 44.1. The van der Waals surface area contributed by atoms with Crippen LogP contribution in [0.4, 0.5) is 0 Å². The first-order chi connectivity index (χ1) is 44.0. The fraction of sp³-hybridized carbons (Fsp3) is 0.912. The lowest BCUT2D eigenvalue weighted by Gasteiger charge is -2.49. The molecule has 98 heavy (non-hydrogen) atoms. The van der Waals surface area contributed by atoms with Crippen LogP contribution in [0.25, 0.3) is 0 Å². The van der Waals surface area contributed by atoms with Crippen LogP contribution in [0, 0.1) is 43.3 Å². The lowest BCUT2D eigenvalue weighted by Crippen LogP contribution is -2.53. The first kappa shape index (κ1) is 98.3. The number of carbonyl (C=O) groups is 7. The molecule has 0 aliphatic heterocycles. The molecule has 580 valence electrons. The molecular weight excluding hydrogens is 1250 g/mol. The maximum absolute atomic E-state index is 12.6. The van der Waals surface area contributed by atoms with Crippen LogP contribution in [0.5, 0.6) is 0 Å². The summed E-state index contributed by atoms with van der Waals surface area (Å²) < 4.78 is 62.1. The minimum Gasteiger partial charge on any atom is -0.465 e. The first-order valence-corrected chi connectivity index (χ1v) is 36.7. The lowest BCUT2D eigenvalue weighted by molar-refractivity contribution is -0.198. The van der Waals surface area contributed by atoms with Crippen LogP contribution in [-0.4, -0.2) is 137 Å². The highest BCUT2D eigenvalue weighted by Gasteiger charge is 2.54. The van der Waals surface area contributed by atoms with Gasteiger partial charge in [0.05, 0.1) is 54.5 Å². The van der Waals surface area contributed by atoms with Gasteiger partial charge in [-0.25, -0.2) is 9.59 Å². The van der Waals surface area contributed by atoms with Crippen LogP contribution in [0.15, 0.2) is 0 Å². The average Bonchev–Trinajstić information content (AvgIpc) is 1.09. The summed E-state index contributed by atoms with van der Waals surface area (Å²) in [6, 6.07) is 0. The molecule has 0 N–H and O–H groups in total. The van der Waals surface area contributed by atoms with Gasteiger partial charge in [-0.2, -0.15) is 0 Å². The van der Waals surface area contributed by atoms with Crippen molar-refractivity contribution in [2.24, 2.45) is 43.3 Å². The van der Waals surface area contributed by atoms with Crippen LogP contribution in [0.2, 0.25) is 0 Å². The Balaban J connectivity index is -0.00000122. The number of ether oxygens (including phenoxy) is 11. The summed E-state index contributed by atoms with van der Waals surface area (Å²) in [5.74, 6) is -2.29. The molecule has 0 spiro atoms. The highest BCUT2D eigenvalue weighted by Crippen LogP contribution is 2.50. The van der Waals surface area contributed by atoms with Crippen molar-refractivity contribution in [3.63, 3.8) is 0 Å². The van der Waals surface area contributed by atoms with E-state index in [2.05, 4.69) is 55.4 Å². The minimum atomic E-state index is -0.586. The third-order valence-corrected chi connectivity index (χ3v) is 21.9. The summed E-state index contributed by atoms with van der Waals surface area (Å²) >= 11 is 0. The van der Waals surface area contributed by atoms with E-state index in [0.717, 1.165) is 116 Å². The molecule has 4 fully saturated rings. The van der Waals surface area contributed by atoms with Gasteiger partial charge in [-0.05, 0) is 212 Å². The predicted molar refractivity (Wildman–Crippen MR) is 393 cm³/mol. The van der Waals surface area contributed by atoms with Crippen molar-refractivity contribution in [3.8, 4) is 0 Å². The third-order valence-electron chi connectivity index (χ3n) is 21.9. The fourth-order valence-electron chi connectivity index (χ4n) is 12.5. The maximum Gasteiger partial charge on any atom is 0.344 e. The molecule has 18 heteroatoms. The summed E-state index contributed by atoms with van der Waals surface area (Å²) in [7, 11) is 0. The van der Waals surface area contributed by atoms with Crippen molar-refractivity contribution in [2.75, 3.05) is 72.7 Å². The number of carbonyl (C=O) groups excluding carboxylic acids is 7. The number of rotatable bonds is 35. The van der Waals surface area contributed by atoms with E-state index < -0.39 is 50.4 Å². The Morgan fingerprint density at radius 3 is 0.745 bits per heavy atom. The monoisotopic (exact) mass is 1400 g/mol. The minimum absolute atomic E-state index is 0. The van der Waals surface area contributed by atoms with Crippen molar-refractivity contribution in [1.29, 1.82) is 0 Å². The second-order valence-electron chi connectivity index (χ2n) is 32.4. The van der Waals surface area contributed by atoms with Crippen LogP contribution in [0.1, 0.15) is 336 Å². The molecule has 0 heterocycles. The quantitative estimate of drug-likeness (QED) is 0.0425. The molecule has 0 amide bonds. The van der Waals surface area contributed by atoms with Gasteiger partial charge >= 0.3 is 41.8 Å². The molecule has 0 aromatic rings. The molecule has 0 unspecified atom stereocenters. The fourth-order valence-corrected chi connectivity index (χ4v) is 12.5. The van der Waals surface area contributed by atoms with Gasteiger partial charge in [-0.3, -0.25) is 24.0 Å². The van der Waals surface area contributed by atoms with Crippen LogP contribution < -0.4 is 0 Å². The smallest absolute Gasteiger partial charge is 0.344 e. The largest absolute Gasteiger partial charge is 0.465 e. The first-order valence-electron chi connectivity index (χ1n) is 36.7. The molecule has 0 saturated heterocycles. The van der Waals surface area contributed by atoms with Crippen LogP contribution >= 0.6 is 0 Å². The molecule has 4 saturated carbocycles. The highest BCUT2D eigenvalue weighted by atomic mass is 16.6. The van der Waals surface area contributed by atoms with Gasteiger partial charge in [-0.15, -0.1) is 0 Å². The van der Waals surface area contributed by atoms with E-state index in [4.69, 9.17) is 52.1 Å². The van der Waals surface area contributed by atoms with E-state index in [1.54, 1.807) is 0 Å². The van der Waals surface area contributed by atoms with E-state index in [-0.39, 0.29) is 106 Å². The molecular formula is C80H152O18. The Morgan fingerprint density at radius 2 is 0.500 bits per heavy atom. The predicted octanol–water partition coefficient (Wildman–Crippen LogP) is 19.1. The Labute approximate surface area is 599 Å². The van der Waals surface area contributed by atoms with Gasteiger partial charge < -0.3 is 52.1 Å². The Morgan fingerprint density at radius 1 is 0.286 bits per heavy atom. The van der Waals surface area contributed by atoms with E-state index in [1.165, 1.54) is 6.42 Å². The summed E-state index contributed by atoms with van der Waals surface area (Å²) in [5.41, 5.74) is -4.99. The Hall–Kier alpha value is -3.87. The van der Waals surface area contributed by atoms with E-state index in [9.17, 15) is 33.6 Å². The van der Waals surface area contributed by atoms with Gasteiger partial charge in [0.2, 0.25) is 0 Å². The summed E-state index contributed by atoms with van der Waals surface area (Å²) in [5, 5.41) is 0. The molecule has 0 bridgehead atoms. The normalized spacial score (nSPS) is 17.4. The second kappa shape index (κ2) is 43.9. The zero-order valence-corrected chi connectivity index (χ0v) is 64.9. The molecule has 4 rings (SSSR count). The third kappa shape index (κ3) is 29.1. The van der Waals surface area contributed by atoms with Crippen molar-refractivity contribution in [2.45, 2.75) is 359 Å². The van der Waals surface area contributed by atoms with E-state index >= 15 is 0 Å². The van der Waals surface area contributed by atoms with Crippen molar-refractivity contribution < 1.29 is 85.7 Å². The molecule has 0 radical (unpaired) electrons. The lowest BCUT2D eigenvalue weighted by atomic mass is 9.67. The van der Waals surface area contributed by atoms with E-state index in [0.29, 0.717) is 72.1 Å². The highest BCUT2D eigenvalue weighted by molar-refractivity contribution is 5.81. The molecule has 0 aromatic heterocycles. The van der Waals surface area contributed by atoms with Crippen molar-refractivity contribution in [1.82, 2.24) is 0 Å². The summed E-state index contributed by atoms with van der Waals surface area (Å²) in [6.45, 7) is 51.8. The number of hydrogen-bond donors (Lipinski definition) is 0. The van der Waals surface area contributed by atoms with Gasteiger partial charge in [-0.1, -0.05) is 118 Å². The zero-order chi connectivity index (χ0) is 72.9. The van der Waals surface area contributed by atoms with Gasteiger partial charge in [0.15, 0.2) is 13.2 Å². The zero-order valence-electron chi connectivity index (χ0n) is 64.9. The maximum atomic E-state index is 12.6. The summed E-state index contributed by atoms with van der Waals surface area (Å²) in [6.07, 6.45) is 20.8. The molecule has 0 atom stereocenters. The standard InChI is InChI=1S/2C20H36O5.C19H34O5.C18H34O3.3CH4/c1-7-18(3,4)17(22)24-14-11-16(21)25-20(12-9-10-13-20)19(5,6)15-23-8-2;1-7-18(3,4)17(22)24-14-16(21)25-20(12-10-9-11-13-20)19(5,6)15-23-8-2;1-7-17(3,4)16(21)23-13-15(20)24-19(11-9-10-12-19)18(5,6)14-22-8-2;1-7-16(3,4)15(19)21-18(12-10-9-11-13-18)17(5,6)14-20-8-2;;;/h2*7-15H2,1-6H3;7-14H2,1-6H3;7-14H2,1-6H3;3*1H4. The van der Waals surface area contributed by atoms with Crippen molar-refractivity contribution in [3.05, 3.63) is 0 Å². The van der Waals surface area contributed by atoms with Crippen LogP contribution in [0.3, 0.4) is 0 Å². The van der Waals surface area contributed by atoms with Crippen molar-refractivity contribution >= 4 is 41.8 Å². The van der Waals surface area contributed by atoms with Gasteiger partial charge in [0, 0.05) is 48.1 Å². The topological polar surface area (TPSA) is 221 Å². The SMILES string of the molecule is C.C.C.CCOCC(C)(C)C1(OC(=O)C(C)(C)CC)CCCCC1.CCOCC(C)(C)C1(OC(=O)CCOC(=O)C(C)(C)CC)CCCC1.CCOCC(C)(C)C1(OC(=O)COC(=O)C(C)(C)CC)CCCC1.CCOCC(C)(C)C1(OC(=O)COC(=O)C(C)(C)CC)CCCCC1. The molecule has 4 aliphatic carbocycles. The number of esters is 7. The average molecular weight is 1400 g/mol. The number of hydrogen-bond acceptors (Lipinski definition) is 18.